The molecule has 24 heavy (non-hydrogen) atoms. The van der Waals surface area contributed by atoms with Gasteiger partial charge in [0.1, 0.15) is 17.9 Å². The van der Waals surface area contributed by atoms with Gasteiger partial charge >= 0.3 is 0 Å². The van der Waals surface area contributed by atoms with Gasteiger partial charge in [-0.1, -0.05) is 18.2 Å². The number of para-hydroxylation sites is 1. The largest absolute Gasteiger partial charge is 0.493 e. The van der Waals surface area contributed by atoms with E-state index >= 15 is 0 Å². The van der Waals surface area contributed by atoms with Crippen LogP contribution in [-0.2, 0) is 0 Å². The van der Waals surface area contributed by atoms with E-state index in [1.165, 1.54) is 6.42 Å². The summed E-state index contributed by atoms with van der Waals surface area (Å²) in [6, 6.07) is 12.1. The van der Waals surface area contributed by atoms with Crippen LogP contribution in [0.5, 0.6) is 5.75 Å². The number of nitrogens with zero attached hydrogens (tertiary/aromatic N) is 5. The van der Waals surface area contributed by atoms with Gasteiger partial charge in [-0.2, -0.15) is 14.6 Å². The number of hydrogen-bond acceptors (Lipinski definition) is 5. The van der Waals surface area contributed by atoms with E-state index in [1.54, 1.807) is 6.33 Å². The Balaban J connectivity index is 1.49. The third kappa shape index (κ3) is 3.04. The summed E-state index contributed by atoms with van der Waals surface area (Å²) in [4.78, 5) is 11.0. The maximum absolute atomic E-state index is 5.95. The lowest BCUT2D eigenvalue weighted by Gasteiger charge is -2.34. The molecule has 124 valence electrons. The van der Waals surface area contributed by atoms with Crippen molar-refractivity contribution in [2.45, 2.75) is 19.8 Å². The zero-order valence-corrected chi connectivity index (χ0v) is 13.8. The number of aryl methyl sites for hydroxylation is 1. The van der Waals surface area contributed by atoms with Crippen molar-refractivity contribution in [3.63, 3.8) is 0 Å². The summed E-state index contributed by atoms with van der Waals surface area (Å²) < 4.78 is 7.78. The number of piperidine rings is 1. The van der Waals surface area contributed by atoms with Gasteiger partial charge in [-0.3, -0.25) is 0 Å². The molecule has 1 fully saturated rings. The van der Waals surface area contributed by atoms with Gasteiger partial charge < -0.3 is 9.64 Å². The van der Waals surface area contributed by atoms with Crippen molar-refractivity contribution in [3.05, 3.63) is 48.4 Å². The molecular formula is C18H21N5O. The van der Waals surface area contributed by atoms with Crippen LogP contribution in [0.15, 0.2) is 42.7 Å². The predicted molar refractivity (Wildman–Crippen MR) is 92.4 cm³/mol. The van der Waals surface area contributed by atoms with E-state index < -0.39 is 0 Å². The van der Waals surface area contributed by atoms with E-state index in [4.69, 9.17) is 4.74 Å². The molecule has 6 nitrogen and oxygen atoms in total. The van der Waals surface area contributed by atoms with Gasteiger partial charge in [0.2, 0.25) is 0 Å². The summed E-state index contributed by atoms with van der Waals surface area (Å²) in [6.45, 7) is 4.73. The van der Waals surface area contributed by atoms with Crippen LogP contribution in [0.3, 0.4) is 0 Å². The summed E-state index contributed by atoms with van der Waals surface area (Å²) in [5.74, 6) is 3.17. The van der Waals surface area contributed by atoms with Crippen molar-refractivity contribution in [1.82, 2.24) is 19.6 Å². The quantitative estimate of drug-likeness (QED) is 0.739. The Morgan fingerprint density at radius 3 is 3.00 bits per heavy atom. The van der Waals surface area contributed by atoms with Crippen LogP contribution >= 0.6 is 0 Å². The molecule has 1 atom stereocenters. The van der Waals surface area contributed by atoms with E-state index in [1.807, 2.05) is 41.8 Å². The molecule has 0 N–H and O–H groups in total. The number of rotatable bonds is 4. The van der Waals surface area contributed by atoms with E-state index in [0.29, 0.717) is 11.7 Å². The smallest absolute Gasteiger partial charge is 0.254 e. The first-order valence-corrected chi connectivity index (χ1v) is 8.40. The van der Waals surface area contributed by atoms with E-state index in [2.05, 4.69) is 26.0 Å². The zero-order chi connectivity index (χ0) is 16.4. The molecule has 0 radical (unpaired) electrons. The molecule has 1 aliphatic heterocycles. The lowest BCUT2D eigenvalue weighted by Crippen LogP contribution is -2.39. The fraction of sp³-hybridized carbons (Fsp3) is 0.389. The molecule has 3 aromatic rings. The first kappa shape index (κ1) is 14.9. The third-order valence-electron chi connectivity index (χ3n) is 4.43. The number of anilines is 1. The van der Waals surface area contributed by atoms with E-state index in [0.717, 1.165) is 43.4 Å². The van der Waals surface area contributed by atoms with Crippen molar-refractivity contribution in [3.8, 4) is 5.75 Å². The Kier molecular flexibility index (Phi) is 4.02. The van der Waals surface area contributed by atoms with Crippen LogP contribution in [0.2, 0.25) is 0 Å². The molecule has 1 saturated heterocycles. The van der Waals surface area contributed by atoms with Crippen LogP contribution in [0.25, 0.3) is 5.78 Å². The summed E-state index contributed by atoms with van der Waals surface area (Å²) in [7, 11) is 0. The van der Waals surface area contributed by atoms with Crippen LogP contribution in [0, 0.1) is 12.8 Å². The topological polar surface area (TPSA) is 55.6 Å². The van der Waals surface area contributed by atoms with Gasteiger partial charge in [0.15, 0.2) is 0 Å². The molecule has 1 aliphatic rings. The fourth-order valence-electron chi connectivity index (χ4n) is 3.28. The Morgan fingerprint density at radius 2 is 2.12 bits per heavy atom. The highest BCUT2D eigenvalue weighted by Crippen LogP contribution is 2.24. The third-order valence-corrected chi connectivity index (χ3v) is 4.43. The second-order valence-corrected chi connectivity index (χ2v) is 6.31. The molecule has 0 spiro atoms. The van der Waals surface area contributed by atoms with Gasteiger partial charge in [-0.05, 0) is 31.9 Å². The minimum atomic E-state index is 0.506. The average Bonchev–Trinajstić information content (AvgIpc) is 3.08. The molecule has 1 unspecified atom stereocenters. The Morgan fingerprint density at radius 1 is 1.25 bits per heavy atom. The highest BCUT2D eigenvalue weighted by Gasteiger charge is 2.23. The van der Waals surface area contributed by atoms with Crippen LogP contribution in [0.4, 0.5) is 5.82 Å². The van der Waals surface area contributed by atoms with E-state index in [9.17, 15) is 0 Å². The molecule has 6 heteroatoms. The highest BCUT2D eigenvalue weighted by molar-refractivity contribution is 5.47. The number of benzene rings is 1. The van der Waals surface area contributed by atoms with Gasteiger partial charge in [-0.15, -0.1) is 0 Å². The molecule has 0 bridgehead atoms. The zero-order valence-electron chi connectivity index (χ0n) is 13.8. The van der Waals surface area contributed by atoms with Gasteiger partial charge in [0.05, 0.1) is 6.61 Å². The molecule has 0 aliphatic carbocycles. The van der Waals surface area contributed by atoms with Crippen molar-refractivity contribution >= 4 is 11.6 Å². The van der Waals surface area contributed by atoms with Crippen molar-refractivity contribution in [2.75, 3.05) is 24.6 Å². The van der Waals surface area contributed by atoms with Gasteiger partial charge in [0.25, 0.3) is 5.78 Å². The molecule has 0 amide bonds. The first-order chi connectivity index (χ1) is 11.8. The number of aromatic nitrogens is 4. The van der Waals surface area contributed by atoms with Crippen LogP contribution in [-0.4, -0.2) is 39.3 Å². The number of fused-ring (bicyclic) bond motifs is 1. The van der Waals surface area contributed by atoms with Crippen molar-refractivity contribution in [1.29, 1.82) is 0 Å². The number of hydrogen-bond donors (Lipinski definition) is 0. The highest BCUT2D eigenvalue weighted by atomic mass is 16.5. The van der Waals surface area contributed by atoms with Crippen molar-refractivity contribution < 1.29 is 4.74 Å². The average molecular weight is 323 g/mol. The minimum Gasteiger partial charge on any atom is -0.493 e. The molecule has 4 rings (SSSR count). The predicted octanol–water partition coefficient (Wildman–Crippen LogP) is 2.73. The maximum atomic E-state index is 5.95. The normalized spacial score (nSPS) is 18.0. The standard InChI is InChI=1S/C18H21N5O/c1-14-10-17(23-18(21-14)19-13-20-23)22-9-5-6-15(11-22)12-24-16-7-3-2-4-8-16/h2-4,7-8,10,13,15H,5-6,9,11-12H2,1H3. The number of ether oxygens (including phenoxy) is 1. The Bertz CT molecular complexity index is 817. The summed E-state index contributed by atoms with van der Waals surface area (Å²) in [6.07, 6.45) is 3.90. The minimum absolute atomic E-state index is 0.506. The lowest BCUT2D eigenvalue weighted by molar-refractivity contribution is 0.228. The summed E-state index contributed by atoms with van der Waals surface area (Å²) in [5.41, 5.74) is 0.966. The lowest BCUT2D eigenvalue weighted by atomic mass is 9.99. The molecule has 0 saturated carbocycles. The molecule has 1 aromatic carbocycles. The van der Waals surface area contributed by atoms with Crippen molar-refractivity contribution in [2.24, 2.45) is 5.92 Å². The SMILES string of the molecule is Cc1cc(N2CCCC(COc3ccccc3)C2)n2ncnc2n1. The summed E-state index contributed by atoms with van der Waals surface area (Å²) >= 11 is 0. The van der Waals surface area contributed by atoms with Crippen LogP contribution < -0.4 is 9.64 Å². The first-order valence-electron chi connectivity index (χ1n) is 8.40. The second kappa shape index (κ2) is 6.47. The molecule has 3 heterocycles. The molecular weight excluding hydrogens is 302 g/mol. The Labute approximate surface area is 141 Å². The maximum Gasteiger partial charge on any atom is 0.254 e. The molecule has 2 aromatic heterocycles. The van der Waals surface area contributed by atoms with Gasteiger partial charge in [-0.25, -0.2) is 4.98 Å². The van der Waals surface area contributed by atoms with Crippen LogP contribution in [0.1, 0.15) is 18.5 Å². The Hall–Kier alpha value is -2.63. The summed E-state index contributed by atoms with van der Waals surface area (Å²) in [5, 5.41) is 4.32. The monoisotopic (exact) mass is 323 g/mol. The fourth-order valence-corrected chi connectivity index (χ4v) is 3.28. The van der Waals surface area contributed by atoms with Gasteiger partial charge in [0, 0.05) is 30.8 Å². The van der Waals surface area contributed by atoms with E-state index in [-0.39, 0.29) is 0 Å². The second-order valence-electron chi connectivity index (χ2n) is 6.31.